The highest BCUT2D eigenvalue weighted by atomic mass is 35.5. The Labute approximate surface area is 184 Å². The van der Waals surface area contributed by atoms with Crippen LogP contribution in [0, 0.1) is 5.92 Å². The van der Waals surface area contributed by atoms with Crippen LogP contribution in [0.1, 0.15) is 11.6 Å². The quantitative estimate of drug-likeness (QED) is 0.570. The van der Waals surface area contributed by atoms with Gasteiger partial charge in [0.1, 0.15) is 11.7 Å². The zero-order chi connectivity index (χ0) is 21.5. The highest BCUT2D eigenvalue weighted by Gasteiger charge is 2.60. The third kappa shape index (κ3) is 3.24. The largest absolute Gasteiger partial charge is 0.497 e. The lowest BCUT2D eigenvalue weighted by molar-refractivity contribution is -0.126. The van der Waals surface area contributed by atoms with Crippen LogP contribution in [0.2, 0.25) is 5.02 Å². The van der Waals surface area contributed by atoms with Gasteiger partial charge in [0, 0.05) is 5.02 Å². The first kappa shape index (κ1) is 19.6. The topological polar surface area (TPSA) is 59.1 Å². The van der Waals surface area contributed by atoms with Gasteiger partial charge >= 0.3 is 0 Å². The van der Waals surface area contributed by atoms with Gasteiger partial charge in [0.2, 0.25) is 5.91 Å². The fourth-order valence-corrected chi connectivity index (χ4v) is 4.41. The van der Waals surface area contributed by atoms with E-state index in [1.807, 2.05) is 54.6 Å². The number of ether oxygens (including phenoxy) is 1. The van der Waals surface area contributed by atoms with Gasteiger partial charge in [-0.2, -0.15) is 0 Å². The minimum atomic E-state index is -0.918. The van der Waals surface area contributed by atoms with Gasteiger partial charge in [0.15, 0.2) is 6.10 Å². The van der Waals surface area contributed by atoms with Gasteiger partial charge in [-0.05, 0) is 48.0 Å². The van der Waals surface area contributed by atoms with Crippen molar-refractivity contribution in [1.29, 1.82) is 0 Å². The molecule has 2 fully saturated rings. The monoisotopic (exact) mass is 434 g/mol. The van der Waals surface area contributed by atoms with Crippen molar-refractivity contribution < 1.29 is 19.2 Å². The Kier molecular flexibility index (Phi) is 4.88. The molecule has 2 heterocycles. The molecule has 0 radical (unpaired) electrons. The normalized spacial score (nSPS) is 22.7. The van der Waals surface area contributed by atoms with Crippen LogP contribution in [0.25, 0.3) is 0 Å². The Morgan fingerprint density at radius 3 is 2.26 bits per heavy atom. The van der Waals surface area contributed by atoms with Crippen molar-refractivity contribution in [3.05, 3.63) is 89.4 Å². The Morgan fingerprint density at radius 1 is 0.871 bits per heavy atom. The third-order valence-corrected chi connectivity index (χ3v) is 5.88. The first-order chi connectivity index (χ1) is 15.1. The molecule has 0 spiro atoms. The van der Waals surface area contributed by atoms with E-state index in [2.05, 4.69) is 0 Å². The minimum Gasteiger partial charge on any atom is -0.497 e. The number of hydroxylamine groups is 1. The van der Waals surface area contributed by atoms with Crippen LogP contribution in [0.4, 0.5) is 11.4 Å². The zero-order valence-electron chi connectivity index (χ0n) is 16.6. The molecule has 6 nitrogen and oxygen atoms in total. The van der Waals surface area contributed by atoms with Gasteiger partial charge in [-0.3, -0.25) is 14.4 Å². The summed E-state index contributed by atoms with van der Waals surface area (Å²) in [5.41, 5.74) is 2.07. The molecule has 0 N–H and O–H groups in total. The lowest BCUT2D eigenvalue weighted by atomic mass is 9.90. The van der Waals surface area contributed by atoms with Gasteiger partial charge < -0.3 is 4.74 Å². The van der Waals surface area contributed by atoms with Crippen LogP contribution < -0.4 is 14.7 Å². The van der Waals surface area contributed by atoms with Crippen LogP contribution in [0.5, 0.6) is 5.75 Å². The summed E-state index contributed by atoms with van der Waals surface area (Å²) < 4.78 is 5.27. The number of halogens is 1. The first-order valence-corrected chi connectivity index (χ1v) is 10.2. The number of hydrogen-bond acceptors (Lipinski definition) is 5. The maximum Gasteiger partial charge on any atom is 0.266 e. The number of hydrogen-bond donors (Lipinski definition) is 0. The van der Waals surface area contributed by atoms with E-state index in [0.29, 0.717) is 16.5 Å². The van der Waals surface area contributed by atoms with Crippen LogP contribution in [-0.2, 0) is 14.4 Å². The van der Waals surface area contributed by atoms with Gasteiger partial charge in [0.25, 0.3) is 5.91 Å². The molecule has 3 aromatic rings. The number of nitrogens with zero attached hydrogens (tertiary/aromatic N) is 2. The summed E-state index contributed by atoms with van der Waals surface area (Å²) in [6.07, 6.45) is -0.918. The number of benzene rings is 3. The second-order valence-electron chi connectivity index (χ2n) is 7.42. The maximum atomic E-state index is 13.5. The number of fused-ring (bicyclic) bond motifs is 1. The zero-order valence-corrected chi connectivity index (χ0v) is 17.4. The summed E-state index contributed by atoms with van der Waals surface area (Å²) in [6, 6.07) is 23.2. The molecular formula is C24H19ClN2O4. The number of rotatable bonds is 4. The number of anilines is 2. The fourth-order valence-electron chi connectivity index (χ4n) is 4.22. The molecule has 2 aliphatic rings. The third-order valence-electron chi connectivity index (χ3n) is 5.65. The van der Waals surface area contributed by atoms with Crippen molar-refractivity contribution in [2.75, 3.05) is 17.1 Å². The highest BCUT2D eigenvalue weighted by molar-refractivity contribution is 6.31. The summed E-state index contributed by atoms with van der Waals surface area (Å²) >= 11 is 6.10. The SMILES string of the molecule is COc1ccc([C@H]2[C@@H]3C(=O)N(c4cccc(Cl)c4)C(=O)[C@@H]3ON2c2ccccc2)cc1. The molecule has 2 amide bonds. The highest BCUT2D eigenvalue weighted by Crippen LogP contribution is 2.47. The first-order valence-electron chi connectivity index (χ1n) is 9.87. The second-order valence-corrected chi connectivity index (χ2v) is 7.86. The van der Waals surface area contributed by atoms with E-state index in [4.69, 9.17) is 21.2 Å². The van der Waals surface area contributed by atoms with Crippen molar-refractivity contribution in [2.24, 2.45) is 5.92 Å². The number of para-hydroxylation sites is 1. The molecule has 3 aromatic carbocycles. The average molecular weight is 435 g/mol. The van der Waals surface area contributed by atoms with E-state index in [1.54, 1.807) is 36.4 Å². The van der Waals surface area contributed by atoms with Gasteiger partial charge in [-0.15, -0.1) is 0 Å². The van der Waals surface area contributed by atoms with Crippen molar-refractivity contribution >= 4 is 34.8 Å². The van der Waals surface area contributed by atoms with Crippen molar-refractivity contribution in [1.82, 2.24) is 0 Å². The van der Waals surface area contributed by atoms with Crippen molar-refractivity contribution in [2.45, 2.75) is 12.1 Å². The molecule has 2 aliphatic heterocycles. The van der Waals surface area contributed by atoms with Crippen LogP contribution in [0.15, 0.2) is 78.9 Å². The molecule has 7 heteroatoms. The molecule has 3 atom stereocenters. The van der Waals surface area contributed by atoms with E-state index >= 15 is 0 Å². The van der Waals surface area contributed by atoms with E-state index in [0.717, 1.165) is 11.3 Å². The lowest BCUT2D eigenvalue weighted by Gasteiger charge is -2.28. The van der Waals surface area contributed by atoms with E-state index in [-0.39, 0.29) is 5.91 Å². The second kappa shape index (κ2) is 7.72. The number of amides is 2. The smallest absolute Gasteiger partial charge is 0.266 e. The summed E-state index contributed by atoms with van der Waals surface area (Å²) in [5, 5.41) is 2.12. The van der Waals surface area contributed by atoms with Gasteiger partial charge in [0.05, 0.1) is 24.5 Å². The summed E-state index contributed by atoms with van der Waals surface area (Å²) in [6.45, 7) is 0. The molecule has 2 saturated heterocycles. The predicted octanol–water partition coefficient (Wildman–Crippen LogP) is 4.40. The van der Waals surface area contributed by atoms with Crippen molar-refractivity contribution in [3.8, 4) is 5.75 Å². The molecule has 0 aliphatic carbocycles. The standard InChI is InChI=1S/C24H19ClN2O4/c1-30-19-12-10-15(11-13-19)21-20-22(31-27(21)17-7-3-2-4-8-17)24(29)26(23(20)28)18-9-5-6-16(25)14-18/h2-14,20-22H,1H3/t20-,21-,22+/m0/s1. The van der Waals surface area contributed by atoms with Gasteiger partial charge in [-0.1, -0.05) is 48.0 Å². The predicted molar refractivity (Wildman–Crippen MR) is 117 cm³/mol. The van der Waals surface area contributed by atoms with E-state index in [1.165, 1.54) is 4.90 Å². The number of imide groups is 1. The molecule has 0 bridgehead atoms. The number of carbonyl (C=O) groups excluding carboxylic acids is 2. The number of methoxy groups -OCH3 is 1. The molecule has 31 heavy (non-hydrogen) atoms. The lowest BCUT2D eigenvalue weighted by Crippen LogP contribution is -2.37. The minimum absolute atomic E-state index is 0.309. The number of carbonyl (C=O) groups is 2. The maximum absolute atomic E-state index is 13.5. The molecule has 5 rings (SSSR count). The molecule has 0 unspecified atom stereocenters. The molecule has 0 saturated carbocycles. The van der Waals surface area contributed by atoms with E-state index in [9.17, 15) is 9.59 Å². The van der Waals surface area contributed by atoms with E-state index < -0.39 is 24.0 Å². The molecule has 0 aromatic heterocycles. The summed E-state index contributed by atoms with van der Waals surface area (Å²) in [7, 11) is 1.60. The molecular weight excluding hydrogens is 416 g/mol. The molecule has 156 valence electrons. The van der Waals surface area contributed by atoms with Gasteiger partial charge in [-0.25, -0.2) is 9.96 Å². The average Bonchev–Trinajstić information content (AvgIpc) is 3.30. The Bertz CT molecular complexity index is 1140. The summed E-state index contributed by atoms with van der Waals surface area (Å²) in [5.74, 6) is -0.689. The fraction of sp³-hybridized carbons (Fsp3) is 0.167. The summed E-state index contributed by atoms with van der Waals surface area (Å²) in [4.78, 5) is 34.1. The van der Waals surface area contributed by atoms with Crippen LogP contribution >= 0.6 is 11.6 Å². The Hall–Kier alpha value is -3.35. The van der Waals surface area contributed by atoms with Crippen molar-refractivity contribution in [3.63, 3.8) is 0 Å². The Morgan fingerprint density at radius 2 is 1.58 bits per heavy atom. The van der Waals surface area contributed by atoms with Crippen LogP contribution in [-0.4, -0.2) is 25.0 Å². The Balaban J connectivity index is 1.58. The van der Waals surface area contributed by atoms with Crippen LogP contribution in [0.3, 0.4) is 0 Å².